The molecule has 31 heavy (non-hydrogen) atoms. The van der Waals surface area contributed by atoms with Crippen molar-refractivity contribution < 1.29 is 4.79 Å². The highest BCUT2D eigenvalue weighted by atomic mass is 35.5. The monoisotopic (exact) mass is 426 g/mol. The minimum Gasteiger partial charge on any atom is -0.334 e. The van der Waals surface area contributed by atoms with Crippen LogP contribution in [0.15, 0.2) is 84.9 Å². The van der Waals surface area contributed by atoms with E-state index in [0.717, 1.165) is 41.2 Å². The Bertz CT molecular complexity index is 1260. The van der Waals surface area contributed by atoms with E-state index in [1.54, 1.807) is 0 Å². The first-order valence-corrected chi connectivity index (χ1v) is 10.9. The highest BCUT2D eigenvalue weighted by Gasteiger charge is 2.26. The number of rotatable bonds is 3. The van der Waals surface area contributed by atoms with Crippen molar-refractivity contribution in [2.45, 2.75) is 19.9 Å². The number of amides is 1. The van der Waals surface area contributed by atoms with Crippen LogP contribution in [0.3, 0.4) is 0 Å². The maximum absolute atomic E-state index is 13.6. The third-order valence-electron chi connectivity index (χ3n) is 6.06. The molecule has 1 amide bonds. The smallest absolute Gasteiger partial charge is 0.256 e. The summed E-state index contributed by atoms with van der Waals surface area (Å²) < 4.78 is 2.10. The van der Waals surface area contributed by atoms with Gasteiger partial charge in [-0.3, -0.25) is 4.79 Å². The van der Waals surface area contributed by atoms with E-state index < -0.39 is 0 Å². The molecule has 154 valence electrons. The lowest BCUT2D eigenvalue weighted by molar-refractivity contribution is 0.0734. The van der Waals surface area contributed by atoms with Gasteiger partial charge in [-0.1, -0.05) is 78.3 Å². The van der Waals surface area contributed by atoms with E-state index in [0.29, 0.717) is 11.6 Å². The summed E-state index contributed by atoms with van der Waals surface area (Å²) in [6, 6.07) is 28.3. The maximum atomic E-state index is 13.6. The van der Waals surface area contributed by atoms with Crippen molar-refractivity contribution in [3.8, 4) is 16.9 Å². The number of halogens is 1. The van der Waals surface area contributed by atoms with Gasteiger partial charge in [0, 0.05) is 18.8 Å². The molecule has 3 aromatic carbocycles. The Balaban J connectivity index is 1.60. The van der Waals surface area contributed by atoms with Crippen molar-refractivity contribution in [3.05, 3.63) is 112 Å². The van der Waals surface area contributed by atoms with Crippen molar-refractivity contribution in [1.82, 2.24) is 9.47 Å². The van der Waals surface area contributed by atoms with Crippen LogP contribution in [0.2, 0.25) is 5.02 Å². The zero-order valence-corrected chi connectivity index (χ0v) is 18.1. The number of carbonyl (C=O) groups is 1. The quantitative estimate of drug-likeness (QED) is 0.377. The first kappa shape index (κ1) is 19.7. The predicted molar refractivity (Wildman–Crippen MR) is 126 cm³/mol. The van der Waals surface area contributed by atoms with Gasteiger partial charge in [-0.15, -0.1) is 0 Å². The highest BCUT2D eigenvalue weighted by Crippen LogP contribution is 2.33. The van der Waals surface area contributed by atoms with Crippen LogP contribution in [-0.2, 0) is 13.0 Å². The van der Waals surface area contributed by atoms with Crippen molar-refractivity contribution in [3.63, 3.8) is 0 Å². The summed E-state index contributed by atoms with van der Waals surface area (Å²) >= 11 is 6.57. The molecular formula is C27H23ClN2O. The molecule has 1 aliphatic rings. The van der Waals surface area contributed by atoms with E-state index in [-0.39, 0.29) is 5.91 Å². The Hall–Kier alpha value is -3.30. The Morgan fingerprint density at radius 1 is 0.871 bits per heavy atom. The van der Waals surface area contributed by atoms with Crippen LogP contribution in [0.25, 0.3) is 16.9 Å². The summed E-state index contributed by atoms with van der Waals surface area (Å²) in [6.45, 7) is 3.38. The first-order valence-electron chi connectivity index (χ1n) is 10.5. The molecule has 4 aromatic rings. The molecule has 0 saturated heterocycles. The molecule has 0 fully saturated rings. The third kappa shape index (κ3) is 3.55. The van der Waals surface area contributed by atoms with Crippen LogP contribution in [0.5, 0.6) is 0 Å². The number of para-hydroxylation sites is 1. The standard InChI is InChI=1S/C27H23ClN2O/c1-19-23(27(31)29-16-15-20-9-5-6-12-22(20)18-29)17-26(21-10-3-2-4-11-21)30(19)25-14-8-7-13-24(25)28/h2-14,17H,15-16,18H2,1H3. The van der Waals surface area contributed by atoms with Crippen LogP contribution in [-0.4, -0.2) is 21.9 Å². The lowest BCUT2D eigenvalue weighted by Crippen LogP contribution is -2.36. The van der Waals surface area contributed by atoms with E-state index in [4.69, 9.17) is 11.6 Å². The van der Waals surface area contributed by atoms with Gasteiger partial charge in [-0.25, -0.2) is 0 Å². The molecule has 0 aliphatic carbocycles. The van der Waals surface area contributed by atoms with Crippen molar-refractivity contribution in [1.29, 1.82) is 0 Å². The number of nitrogens with zero attached hydrogens (tertiary/aromatic N) is 2. The summed E-state index contributed by atoms with van der Waals surface area (Å²) in [5.74, 6) is 0.0648. The van der Waals surface area contributed by atoms with E-state index >= 15 is 0 Å². The summed E-state index contributed by atoms with van der Waals surface area (Å²) in [6.07, 6.45) is 0.887. The fourth-order valence-corrected chi connectivity index (χ4v) is 4.65. The number of benzene rings is 3. The summed E-state index contributed by atoms with van der Waals surface area (Å²) in [7, 11) is 0. The number of carbonyl (C=O) groups excluding carboxylic acids is 1. The molecule has 0 spiro atoms. The van der Waals surface area contributed by atoms with E-state index in [9.17, 15) is 4.79 Å². The molecular weight excluding hydrogens is 404 g/mol. The molecule has 0 atom stereocenters. The second-order valence-corrected chi connectivity index (χ2v) is 8.33. The van der Waals surface area contributed by atoms with Crippen LogP contribution in [0.4, 0.5) is 0 Å². The van der Waals surface area contributed by atoms with Gasteiger partial charge >= 0.3 is 0 Å². The molecule has 1 aromatic heterocycles. The highest BCUT2D eigenvalue weighted by molar-refractivity contribution is 6.32. The average Bonchev–Trinajstić information content (AvgIpc) is 3.16. The van der Waals surface area contributed by atoms with Crippen LogP contribution in [0.1, 0.15) is 27.2 Å². The largest absolute Gasteiger partial charge is 0.334 e. The summed E-state index contributed by atoms with van der Waals surface area (Å²) in [5.41, 5.74) is 7.08. The lowest BCUT2D eigenvalue weighted by atomic mass is 9.99. The van der Waals surface area contributed by atoms with E-state index in [1.807, 2.05) is 66.4 Å². The van der Waals surface area contributed by atoms with Gasteiger partial charge in [0.05, 0.1) is 22.0 Å². The van der Waals surface area contributed by atoms with Crippen molar-refractivity contribution in [2.75, 3.05) is 6.54 Å². The SMILES string of the molecule is Cc1c(C(=O)N2CCc3ccccc3C2)cc(-c2ccccc2)n1-c1ccccc1Cl. The molecule has 4 heteroatoms. The van der Waals surface area contributed by atoms with Crippen LogP contribution < -0.4 is 0 Å². The van der Waals surface area contributed by atoms with Gasteiger partial charge in [0.15, 0.2) is 0 Å². The molecule has 3 nitrogen and oxygen atoms in total. The fourth-order valence-electron chi connectivity index (χ4n) is 4.43. The Labute approximate surface area is 187 Å². The summed E-state index contributed by atoms with van der Waals surface area (Å²) in [4.78, 5) is 15.6. The first-order chi connectivity index (χ1) is 15.1. The zero-order chi connectivity index (χ0) is 21.4. The van der Waals surface area contributed by atoms with E-state index in [1.165, 1.54) is 11.1 Å². The van der Waals surface area contributed by atoms with Gasteiger partial charge in [0.2, 0.25) is 0 Å². The second kappa shape index (κ2) is 8.09. The fraction of sp³-hybridized carbons (Fsp3) is 0.148. The Kier molecular flexibility index (Phi) is 5.13. The van der Waals surface area contributed by atoms with E-state index in [2.05, 4.69) is 34.9 Å². The maximum Gasteiger partial charge on any atom is 0.256 e. The molecule has 2 heterocycles. The van der Waals surface area contributed by atoms with Gasteiger partial charge in [-0.2, -0.15) is 0 Å². The van der Waals surface area contributed by atoms with Crippen LogP contribution in [0, 0.1) is 6.92 Å². The Morgan fingerprint density at radius 3 is 2.32 bits per heavy atom. The summed E-state index contributed by atoms with van der Waals surface area (Å²) in [5, 5.41) is 0.657. The zero-order valence-electron chi connectivity index (χ0n) is 17.4. The molecule has 0 saturated carbocycles. The molecule has 1 aliphatic heterocycles. The number of fused-ring (bicyclic) bond motifs is 1. The third-order valence-corrected chi connectivity index (χ3v) is 6.38. The van der Waals surface area contributed by atoms with Crippen molar-refractivity contribution in [2.24, 2.45) is 0 Å². The van der Waals surface area contributed by atoms with Gasteiger partial charge in [0.25, 0.3) is 5.91 Å². The normalized spacial score (nSPS) is 13.2. The van der Waals surface area contributed by atoms with Gasteiger partial charge in [0.1, 0.15) is 0 Å². The molecule has 0 N–H and O–H groups in total. The van der Waals surface area contributed by atoms with Crippen LogP contribution >= 0.6 is 11.6 Å². The lowest BCUT2D eigenvalue weighted by Gasteiger charge is -2.29. The number of hydrogen-bond acceptors (Lipinski definition) is 1. The topological polar surface area (TPSA) is 25.2 Å². The Morgan fingerprint density at radius 2 is 1.55 bits per heavy atom. The second-order valence-electron chi connectivity index (χ2n) is 7.93. The molecule has 0 unspecified atom stereocenters. The molecule has 0 bridgehead atoms. The predicted octanol–water partition coefficient (Wildman–Crippen LogP) is 6.30. The molecule has 0 radical (unpaired) electrons. The molecule has 5 rings (SSSR count). The van der Waals surface area contributed by atoms with Gasteiger partial charge < -0.3 is 9.47 Å². The minimum absolute atomic E-state index is 0.0648. The number of hydrogen-bond donors (Lipinski definition) is 0. The minimum atomic E-state index is 0.0648. The van der Waals surface area contributed by atoms with Gasteiger partial charge in [-0.05, 0) is 48.2 Å². The average molecular weight is 427 g/mol. The number of aromatic nitrogens is 1. The van der Waals surface area contributed by atoms with Crippen molar-refractivity contribution >= 4 is 17.5 Å².